The van der Waals surface area contributed by atoms with E-state index in [0.29, 0.717) is 6.54 Å². The van der Waals surface area contributed by atoms with Gasteiger partial charge in [-0.05, 0) is 40.5 Å². The Labute approximate surface area is 83.5 Å². The van der Waals surface area contributed by atoms with E-state index >= 15 is 0 Å². The van der Waals surface area contributed by atoms with E-state index in [4.69, 9.17) is 0 Å². The fourth-order valence-corrected chi connectivity index (χ4v) is 1.16. The molecule has 0 heterocycles. The van der Waals surface area contributed by atoms with Crippen LogP contribution in [0.1, 0.15) is 19.8 Å². The second-order valence-corrected chi connectivity index (χ2v) is 3.83. The summed E-state index contributed by atoms with van der Waals surface area (Å²) in [4.78, 5) is 2.01. The van der Waals surface area contributed by atoms with Crippen LogP contribution >= 0.6 is 0 Å². The van der Waals surface area contributed by atoms with E-state index < -0.39 is 18.6 Å². The van der Waals surface area contributed by atoms with E-state index in [0.717, 1.165) is 13.0 Å². The van der Waals surface area contributed by atoms with Crippen molar-refractivity contribution in [2.75, 3.05) is 27.2 Å². The summed E-state index contributed by atoms with van der Waals surface area (Å²) in [5.41, 5.74) is 0. The first-order valence-electron chi connectivity index (χ1n) is 4.76. The molecule has 0 aromatic rings. The molecule has 0 spiro atoms. The van der Waals surface area contributed by atoms with Gasteiger partial charge in [-0.3, -0.25) is 0 Å². The molecule has 86 valence electrons. The average Bonchev–Trinajstić information content (AvgIpc) is 1.94. The van der Waals surface area contributed by atoms with Crippen molar-refractivity contribution in [3.63, 3.8) is 0 Å². The summed E-state index contributed by atoms with van der Waals surface area (Å²) in [5, 5.41) is 2.85. The lowest BCUT2D eigenvalue weighted by Crippen LogP contribution is -2.33. The minimum Gasteiger partial charge on any atom is -0.314 e. The normalized spacial score (nSPS) is 14.8. The fourth-order valence-electron chi connectivity index (χ4n) is 1.16. The Balaban J connectivity index is 3.40. The van der Waals surface area contributed by atoms with Gasteiger partial charge < -0.3 is 10.2 Å². The van der Waals surface area contributed by atoms with Gasteiger partial charge in [-0.2, -0.15) is 13.2 Å². The lowest BCUT2D eigenvalue weighted by molar-refractivity contribution is -0.139. The van der Waals surface area contributed by atoms with Crippen LogP contribution in [-0.4, -0.2) is 44.3 Å². The SMILES string of the molecule is CC(CC(F)(F)F)NCCCN(C)C. The molecule has 0 aliphatic carbocycles. The Hall–Kier alpha value is -0.290. The van der Waals surface area contributed by atoms with Crippen molar-refractivity contribution in [1.82, 2.24) is 10.2 Å². The maximum absolute atomic E-state index is 11.9. The maximum Gasteiger partial charge on any atom is 0.390 e. The van der Waals surface area contributed by atoms with Gasteiger partial charge in [0, 0.05) is 6.04 Å². The molecule has 2 nitrogen and oxygen atoms in total. The third-order valence-corrected chi connectivity index (χ3v) is 1.81. The summed E-state index contributed by atoms with van der Waals surface area (Å²) < 4.78 is 35.7. The molecule has 0 bridgehead atoms. The van der Waals surface area contributed by atoms with E-state index in [9.17, 15) is 13.2 Å². The average molecular weight is 212 g/mol. The Kier molecular flexibility index (Phi) is 6.11. The molecular formula is C9H19F3N2. The van der Waals surface area contributed by atoms with Crippen LogP contribution in [0.2, 0.25) is 0 Å². The molecule has 0 aliphatic rings. The first-order chi connectivity index (χ1) is 6.31. The fraction of sp³-hybridized carbons (Fsp3) is 1.00. The lowest BCUT2D eigenvalue weighted by atomic mass is 10.2. The summed E-state index contributed by atoms with van der Waals surface area (Å²) in [6.45, 7) is 3.09. The van der Waals surface area contributed by atoms with Crippen molar-refractivity contribution in [3.05, 3.63) is 0 Å². The van der Waals surface area contributed by atoms with Crippen molar-refractivity contribution in [2.24, 2.45) is 0 Å². The van der Waals surface area contributed by atoms with Gasteiger partial charge in [-0.15, -0.1) is 0 Å². The molecule has 0 fully saturated rings. The van der Waals surface area contributed by atoms with Crippen LogP contribution < -0.4 is 5.32 Å². The number of rotatable bonds is 6. The number of hydrogen-bond donors (Lipinski definition) is 1. The highest BCUT2D eigenvalue weighted by Crippen LogP contribution is 2.21. The molecule has 0 aliphatic heterocycles. The molecule has 0 saturated carbocycles. The van der Waals surface area contributed by atoms with Gasteiger partial charge in [0.1, 0.15) is 0 Å². The molecule has 0 saturated heterocycles. The van der Waals surface area contributed by atoms with Gasteiger partial charge in [-0.1, -0.05) is 0 Å². The highest BCUT2D eigenvalue weighted by molar-refractivity contribution is 4.65. The third kappa shape index (κ3) is 9.80. The van der Waals surface area contributed by atoms with E-state index in [1.54, 1.807) is 6.92 Å². The van der Waals surface area contributed by atoms with Crippen LogP contribution in [0.15, 0.2) is 0 Å². The number of halogens is 3. The Bertz CT molecular complexity index is 145. The van der Waals surface area contributed by atoms with Crippen LogP contribution in [0.4, 0.5) is 13.2 Å². The second kappa shape index (κ2) is 6.24. The number of alkyl halides is 3. The van der Waals surface area contributed by atoms with Gasteiger partial charge in [-0.25, -0.2) is 0 Å². The summed E-state index contributed by atoms with van der Waals surface area (Å²) in [6.07, 6.45) is -3.95. The maximum atomic E-state index is 11.9. The smallest absolute Gasteiger partial charge is 0.314 e. The Morgan fingerprint density at radius 3 is 2.29 bits per heavy atom. The van der Waals surface area contributed by atoms with E-state index in [1.165, 1.54) is 0 Å². The second-order valence-electron chi connectivity index (χ2n) is 3.83. The minimum absolute atomic E-state index is 0.489. The monoisotopic (exact) mass is 212 g/mol. The highest BCUT2D eigenvalue weighted by atomic mass is 19.4. The molecule has 1 unspecified atom stereocenters. The summed E-state index contributed by atoms with van der Waals surface area (Å²) in [6, 6.07) is -0.489. The van der Waals surface area contributed by atoms with Crippen LogP contribution in [-0.2, 0) is 0 Å². The Morgan fingerprint density at radius 2 is 1.86 bits per heavy atom. The molecule has 0 rings (SSSR count). The van der Waals surface area contributed by atoms with Crippen molar-refractivity contribution in [2.45, 2.75) is 32.0 Å². The summed E-state index contributed by atoms with van der Waals surface area (Å²) in [5.74, 6) is 0. The van der Waals surface area contributed by atoms with Gasteiger partial charge >= 0.3 is 6.18 Å². The quantitative estimate of drug-likeness (QED) is 0.676. The minimum atomic E-state index is -4.06. The number of nitrogens with zero attached hydrogens (tertiary/aromatic N) is 1. The van der Waals surface area contributed by atoms with E-state index in [1.807, 2.05) is 19.0 Å². The van der Waals surface area contributed by atoms with Crippen molar-refractivity contribution >= 4 is 0 Å². The molecule has 0 radical (unpaired) electrons. The summed E-state index contributed by atoms with van der Waals surface area (Å²) >= 11 is 0. The topological polar surface area (TPSA) is 15.3 Å². The predicted molar refractivity (Wildman–Crippen MR) is 51.3 cm³/mol. The molecule has 14 heavy (non-hydrogen) atoms. The first-order valence-corrected chi connectivity index (χ1v) is 4.76. The molecule has 5 heteroatoms. The van der Waals surface area contributed by atoms with Gasteiger partial charge in [0.25, 0.3) is 0 Å². The molecule has 1 N–H and O–H groups in total. The molecule has 0 aromatic carbocycles. The van der Waals surface area contributed by atoms with Gasteiger partial charge in [0.05, 0.1) is 6.42 Å². The van der Waals surface area contributed by atoms with Gasteiger partial charge in [0.15, 0.2) is 0 Å². The largest absolute Gasteiger partial charge is 0.390 e. The van der Waals surface area contributed by atoms with Crippen LogP contribution in [0, 0.1) is 0 Å². The van der Waals surface area contributed by atoms with Crippen molar-refractivity contribution < 1.29 is 13.2 Å². The number of nitrogens with one attached hydrogen (secondary N) is 1. The van der Waals surface area contributed by atoms with Crippen molar-refractivity contribution in [1.29, 1.82) is 0 Å². The lowest BCUT2D eigenvalue weighted by Gasteiger charge is -2.16. The first kappa shape index (κ1) is 13.7. The standard InChI is InChI=1S/C9H19F3N2/c1-8(7-9(10,11)12)13-5-4-6-14(2)3/h8,13H,4-7H2,1-3H3. The van der Waals surface area contributed by atoms with Crippen LogP contribution in [0.3, 0.4) is 0 Å². The molecule has 0 aromatic heterocycles. The summed E-state index contributed by atoms with van der Waals surface area (Å²) in [7, 11) is 3.89. The number of hydrogen-bond acceptors (Lipinski definition) is 2. The zero-order chi connectivity index (χ0) is 11.2. The zero-order valence-electron chi connectivity index (χ0n) is 8.99. The van der Waals surface area contributed by atoms with Gasteiger partial charge in [0.2, 0.25) is 0 Å². The van der Waals surface area contributed by atoms with E-state index in [2.05, 4.69) is 5.32 Å². The van der Waals surface area contributed by atoms with Crippen LogP contribution in [0.5, 0.6) is 0 Å². The van der Waals surface area contributed by atoms with E-state index in [-0.39, 0.29) is 0 Å². The predicted octanol–water partition coefficient (Wildman–Crippen LogP) is 1.87. The van der Waals surface area contributed by atoms with Crippen LogP contribution in [0.25, 0.3) is 0 Å². The molecule has 0 amide bonds. The highest BCUT2D eigenvalue weighted by Gasteiger charge is 2.29. The third-order valence-electron chi connectivity index (χ3n) is 1.81. The zero-order valence-corrected chi connectivity index (χ0v) is 8.99. The molecule has 1 atom stereocenters. The Morgan fingerprint density at radius 1 is 1.29 bits per heavy atom. The van der Waals surface area contributed by atoms with Crippen molar-refractivity contribution in [3.8, 4) is 0 Å². The molecular weight excluding hydrogens is 193 g/mol.